The first-order chi connectivity index (χ1) is 6.79. The maximum absolute atomic E-state index is 5.96. The van der Waals surface area contributed by atoms with Crippen LogP contribution in [0.5, 0.6) is 0 Å². The number of aromatic nitrogens is 2. The number of fused-ring (bicyclic) bond motifs is 1. The van der Waals surface area contributed by atoms with Crippen molar-refractivity contribution in [1.29, 1.82) is 0 Å². The summed E-state index contributed by atoms with van der Waals surface area (Å²) in [6.45, 7) is 2.16. The van der Waals surface area contributed by atoms with Crippen molar-refractivity contribution in [3.8, 4) is 0 Å². The molecule has 4 heteroatoms. The van der Waals surface area contributed by atoms with Gasteiger partial charge in [0, 0.05) is 30.2 Å². The molecule has 2 aromatic rings. The lowest BCUT2D eigenvalue weighted by atomic mass is 10.1. The number of imidazole rings is 1. The summed E-state index contributed by atoms with van der Waals surface area (Å²) in [5.41, 5.74) is 7.07. The standard InChI is InChI=1S/C10H15N3S/c1-2-3-8(11)6-9-7-13-4-5-14-10(13)12-9/h4-5,7-8H,2-3,6,11H2,1H3. The maximum Gasteiger partial charge on any atom is 0.193 e. The molecular weight excluding hydrogens is 194 g/mol. The molecule has 2 N–H and O–H groups in total. The number of rotatable bonds is 4. The molecule has 2 rings (SSSR count). The second kappa shape index (κ2) is 4.11. The fourth-order valence-electron chi connectivity index (χ4n) is 1.62. The minimum Gasteiger partial charge on any atom is -0.327 e. The molecule has 3 nitrogen and oxygen atoms in total. The summed E-state index contributed by atoms with van der Waals surface area (Å²) >= 11 is 1.66. The van der Waals surface area contributed by atoms with Gasteiger partial charge in [-0.2, -0.15) is 0 Å². The van der Waals surface area contributed by atoms with Crippen LogP contribution in [0.3, 0.4) is 0 Å². The Morgan fingerprint density at radius 1 is 1.64 bits per heavy atom. The summed E-state index contributed by atoms with van der Waals surface area (Å²) < 4.78 is 2.05. The summed E-state index contributed by atoms with van der Waals surface area (Å²) in [6.07, 6.45) is 7.21. The summed E-state index contributed by atoms with van der Waals surface area (Å²) in [5, 5.41) is 2.04. The van der Waals surface area contributed by atoms with Gasteiger partial charge in [0.05, 0.1) is 5.69 Å². The van der Waals surface area contributed by atoms with Crippen molar-refractivity contribution < 1.29 is 0 Å². The quantitative estimate of drug-likeness (QED) is 0.837. The first kappa shape index (κ1) is 9.68. The van der Waals surface area contributed by atoms with Crippen molar-refractivity contribution >= 4 is 16.3 Å². The zero-order chi connectivity index (χ0) is 9.97. The second-order valence-electron chi connectivity index (χ2n) is 3.58. The third kappa shape index (κ3) is 1.96. The molecule has 0 radical (unpaired) electrons. The zero-order valence-electron chi connectivity index (χ0n) is 8.31. The van der Waals surface area contributed by atoms with E-state index >= 15 is 0 Å². The predicted molar refractivity (Wildman–Crippen MR) is 59.7 cm³/mol. The van der Waals surface area contributed by atoms with Gasteiger partial charge < -0.3 is 5.73 Å². The smallest absolute Gasteiger partial charge is 0.193 e. The average Bonchev–Trinajstić information content (AvgIpc) is 2.63. The molecule has 14 heavy (non-hydrogen) atoms. The molecule has 0 aliphatic carbocycles. The fourth-order valence-corrected chi connectivity index (χ4v) is 2.33. The molecule has 0 aromatic carbocycles. The van der Waals surface area contributed by atoms with Gasteiger partial charge in [-0.1, -0.05) is 13.3 Å². The van der Waals surface area contributed by atoms with Crippen LogP contribution >= 0.6 is 11.3 Å². The third-order valence-corrected chi connectivity index (χ3v) is 3.04. The Morgan fingerprint density at radius 3 is 3.21 bits per heavy atom. The van der Waals surface area contributed by atoms with Gasteiger partial charge in [-0.3, -0.25) is 4.40 Å². The lowest BCUT2D eigenvalue weighted by Crippen LogP contribution is -2.22. The van der Waals surface area contributed by atoms with Crippen LogP contribution in [0.2, 0.25) is 0 Å². The lowest BCUT2D eigenvalue weighted by molar-refractivity contribution is 0.595. The minimum absolute atomic E-state index is 0.254. The van der Waals surface area contributed by atoms with E-state index in [9.17, 15) is 0 Å². The van der Waals surface area contributed by atoms with E-state index < -0.39 is 0 Å². The van der Waals surface area contributed by atoms with E-state index in [2.05, 4.69) is 22.5 Å². The monoisotopic (exact) mass is 209 g/mol. The van der Waals surface area contributed by atoms with Gasteiger partial charge in [-0.05, 0) is 6.42 Å². The van der Waals surface area contributed by atoms with Crippen LogP contribution < -0.4 is 5.73 Å². The van der Waals surface area contributed by atoms with Crippen molar-refractivity contribution in [1.82, 2.24) is 9.38 Å². The Kier molecular flexibility index (Phi) is 2.84. The number of thiazole rings is 1. The largest absolute Gasteiger partial charge is 0.327 e. The molecule has 76 valence electrons. The van der Waals surface area contributed by atoms with E-state index in [-0.39, 0.29) is 6.04 Å². The molecule has 0 fully saturated rings. The van der Waals surface area contributed by atoms with E-state index in [4.69, 9.17) is 5.73 Å². The molecule has 0 bridgehead atoms. The maximum atomic E-state index is 5.96. The Morgan fingerprint density at radius 2 is 2.50 bits per heavy atom. The van der Waals surface area contributed by atoms with E-state index in [1.54, 1.807) is 11.3 Å². The molecule has 2 aromatic heterocycles. The molecule has 0 saturated carbocycles. The number of hydrogen-bond acceptors (Lipinski definition) is 3. The van der Waals surface area contributed by atoms with Crippen molar-refractivity contribution in [2.75, 3.05) is 0 Å². The number of nitrogens with zero attached hydrogens (tertiary/aromatic N) is 2. The van der Waals surface area contributed by atoms with Gasteiger partial charge in [0.2, 0.25) is 0 Å². The van der Waals surface area contributed by atoms with Gasteiger partial charge in [-0.25, -0.2) is 4.98 Å². The molecule has 0 saturated heterocycles. The van der Waals surface area contributed by atoms with E-state index in [0.717, 1.165) is 29.9 Å². The Labute approximate surface area is 87.6 Å². The molecule has 1 atom stereocenters. The van der Waals surface area contributed by atoms with Gasteiger partial charge in [0.1, 0.15) is 0 Å². The highest BCUT2D eigenvalue weighted by Crippen LogP contribution is 2.12. The Bertz CT molecular complexity index is 376. The van der Waals surface area contributed by atoms with Crippen LogP contribution in [-0.4, -0.2) is 15.4 Å². The van der Waals surface area contributed by atoms with E-state index in [1.165, 1.54) is 0 Å². The van der Waals surface area contributed by atoms with Crippen LogP contribution in [-0.2, 0) is 6.42 Å². The normalized spacial score (nSPS) is 13.6. The SMILES string of the molecule is CCCC(N)Cc1cn2ccsc2n1. The highest BCUT2D eigenvalue weighted by Gasteiger charge is 2.07. The average molecular weight is 209 g/mol. The topological polar surface area (TPSA) is 43.3 Å². The molecule has 2 heterocycles. The van der Waals surface area contributed by atoms with Gasteiger partial charge in [-0.15, -0.1) is 11.3 Å². The van der Waals surface area contributed by atoms with Gasteiger partial charge >= 0.3 is 0 Å². The summed E-state index contributed by atoms with van der Waals surface area (Å²) in [7, 11) is 0. The Balaban J connectivity index is 2.08. The van der Waals surface area contributed by atoms with Gasteiger partial charge in [0.15, 0.2) is 4.96 Å². The van der Waals surface area contributed by atoms with Crippen LogP contribution in [0.25, 0.3) is 4.96 Å². The fraction of sp³-hybridized carbons (Fsp3) is 0.500. The first-order valence-corrected chi connectivity index (χ1v) is 5.84. The molecule has 1 unspecified atom stereocenters. The highest BCUT2D eigenvalue weighted by molar-refractivity contribution is 7.15. The van der Waals surface area contributed by atoms with Crippen LogP contribution in [0.4, 0.5) is 0 Å². The number of nitrogens with two attached hydrogens (primary N) is 1. The summed E-state index contributed by atoms with van der Waals surface area (Å²) in [5.74, 6) is 0. The summed E-state index contributed by atoms with van der Waals surface area (Å²) in [4.78, 5) is 5.56. The molecule has 0 aliphatic rings. The van der Waals surface area contributed by atoms with Crippen molar-refractivity contribution in [3.05, 3.63) is 23.5 Å². The summed E-state index contributed by atoms with van der Waals surface area (Å²) in [6, 6.07) is 0.254. The van der Waals surface area contributed by atoms with Crippen molar-refractivity contribution in [3.63, 3.8) is 0 Å². The van der Waals surface area contributed by atoms with Crippen molar-refractivity contribution in [2.45, 2.75) is 32.2 Å². The van der Waals surface area contributed by atoms with E-state index in [1.807, 2.05) is 11.6 Å². The minimum atomic E-state index is 0.254. The molecule has 0 spiro atoms. The van der Waals surface area contributed by atoms with Gasteiger partial charge in [0.25, 0.3) is 0 Å². The number of hydrogen-bond donors (Lipinski definition) is 1. The van der Waals surface area contributed by atoms with Crippen LogP contribution in [0, 0.1) is 0 Å². The van der Waals surface area contributed by atoms with Crippen LogP contribution in [0.15, 0.2) is 17.8 Å². The second-order valence-corrected chi connectivity index (χ2v) is 4.45. The third-order valence-electron chi connectivity index (χ3n) is 2.27. The Hall–Kier alpha value is -0.870. The molecular formula is C10H15N3S. The highest BCUT2D eigenvalue weighted by atomic mass is 32.1. The van der Waals surface area contributed by atoms with Crippen LogP contribution in [0.1, 0.15) is 25.5 Å². The zero-order valence-corrected chi connectivity index (χ0v) is 9.13. The molecule has 0 amide bonds. The molecule has 0 aliphatic heterocycles. The first-order valence-electron chi connectivity index (χ1n) is 4.96. The predicted octanol–water partition coefficient (Wildman–Crippen LogP) is 2.07. The van der Waals surface area contributed by atoms with Crippen molar-refractivity contribution in [2.24, 2.45) is 5.73 Å². The lowest BCUT2D eigenvalue weighted by Gasteiger charge is -2.06. The van der Waals surface area contributed by atoms with E-state index in [0.29, 0.717) is 0 Å².